The molecule has 0 saturated carbocycles. The summed E-state index contributed by atoms with van der Waals surface area (Å²) in [5, 5.41) is 4.01. The monoisotopic (exact) mass is 349 g/mol. The van der Waals surface area contributed by atoms with Gasteiger partial charge >= 0.3 is 0 Å². The van der Waals surface area contributed by atoms with Gasteiger partial charge in [-0.25, -0.2) is 5.43 Å². The fraction of sp³-hybridized carbons (Fsp3) is 0.286. The first-order valence-corrected chi connectivity index (χ1v) is 8.85. The molecule has 0 bridgehead atoms. The molecule has 2 amide bonds. The van der Waals surface area contributed by atoms with Crippen LogP contribution in [0.15, 0.2) is 53.6 Å². The lowest BCUT2D eigenvalue weighted by Crippen LogP contribution is -2.30. The van der Waals surface area contributed by atoms with Crippen LogP contribution in [-0.2, 0) is 16.0 Å². The first-order valence-electron chi connectivity index (χ1n) is 8.85. The molecule has 1 aliphatic heterocycles. The molecule has 0 aromatic heterocycles. The smallest absolute Gasteiger partial charge is 0.245 e. The molecule has 0 spiro atoms. The zero-order valence-electron chi connectivity index (χ0n) is 15.1. The van der Waals surface area contributed by atoms with Crippen molar-refractivity contribution in [3.63, 3.8) is 0 Å². The van der Waals surface area contributed by atoms with Gasteiger partial charge in [-0.3, -0.25) is 9.59 Å². The molecular formula is C21H23N3O2. The highest BCUT2D eigenvalue weighted by molar-refractivity contribution is 6.00. The molecule has 1 heterocycles. The number of rotatable bonds is 5. The fourth-order valence-corrected chi connectivity index (χ4v) is 2.96. The molecule has 3 rings (SSSR count). The van der Waals surface area contributed by atoms with E-state index in [2.05, 4.69) is 17.5 Å². The number of carbonyl (C=O) groups is 2. The zero-order chi connectivity index (χ0) is 18.5. The highest BCUT2D eigenvalue weighted by atomic mass is 16.2. The molecule has 0 aliphatic carbocycles. The van der Waals surface area contributed by atoms with Crippen molar-refractivity contribution in [3.8, 4) is 0 Å². The van der Waals surface area contributed by atoms with Crippen LogP contribution >= 0.6 is 0 Å². The van der Waals surface area contributed by atoms with Gasteiger partial charge in [0, 0.05) is 18.7 Å². The fourth-order valence-electron chi connectivity index (χ4n) is 2.96. The number of nitrogens with zero attached hydrogens (tertiary/aromatic N) is 2. The molecular weight excluding hydrogens is 326 g/mol. The van der Waals surface area contributed by atoms with Crippen molar-refractivity contribution in [2.75, 3.05) is 11.4 Å². The summed E-state index contributed by atoms with van der Waals surface area (Å²) < 4.78 is 0. The lowest BCUT2D eigenvalue weighted by Gasteiger charge is -2.16. The second-order valence-electron chi connectivity index (χ2n) is 6.57. The number of benzene rings is 2. The number of carbonyl (C=O) groups excluding carboxylic acids is 2. The summed E-state index contributed by atoms with van der Waals surface area (Å²) in [6.45, 7) is 4.49. The minimum absolute atomic E-state index is 0.0306. The third-order valence-corrected chi connectivity index (χ3v) is 4.62. The molecule has 1 aliphatic rings. The van der Waals surface area contributed by atoms with E-state index in [1.54, 1.807) is 11.1 Å². The van der Waals surface area contributed by atoms with Crippen molar-refractivity contribution in [2.45, 2.75) is 26.7 Å². The van der Waals surface area contributed by atoms with Gasteiger partial charge < -0.3 is 4.90 Å². The first kappa shape index (κ1) is 17.9. The van der Waals surface area contributed by atoms with Gasteiger partial charge in [0.15, 0.2) is 0 Å². The Kier molecular flexibility index (Phi) is 5.46. The maximum atomic E-state index is 12.3. The van der Waals surface area contributed by atoms with Crippen molar-refractivity contribution in [2.24, 2.45) is 11.0 Å². The molecule has 5 nitrogen and oxygen atoms in total. The molecule has 2 aromatic rings. The number of hydrogen-bond acceptors (Lipinski definition) is 3. The third kappa shape index (κ3) is 4.17. The summed E-state index contributed by atoms with van der Waals surface area (Å²) >= 11 is 0. The Morgan fingerprint density at radius 3 is 2.54 bits per heavy atom. The van der Waals surface area contributed by atoms with Gasteiger partial charge in [0.2, 0.25) is 11.8 Å². The lowest BCUT2D eigenvalue weighted by molar-refractivity contribution is -0.126. The van der Waals surface area contributed by atoms with Crippen LogP contribution in [0, 0.1) is 12.8 Å². The number of hydrogen-bond donors (Lipinski definition) is 1. The van der Waals surface area contributed by atoms with E-state index >= 15 is 0 Å². The summed E-state index contributed by atoms with van der Waals surface area (Å²) in [7, 11) is 0. The van der Waals surface area contributed by atoms with Crippen molar-refractivity contribution < 1.29 is 9.59 Å². The molecule has 0 unspecified atom stereocenters. The van der Waals surface area contributed by atoms with E-state index in [1.165, 1.54) is 11.1 Å². The van der Waals surface area contributed by atoms with Crippen LogP contribution in [0.3, 0.4) is 0 Å². The molecule has 1 saturated heterocycles. The molecule has 1 N–H and O–H groups in total. The Morgan fingerprint density at radius 2 is 1.88 bits per heavy atom. The Morgan fingerprint density at radius 1 is 1.19 bits per heavy atom. The van der Waals surface area contributed by atoms with Crippen molar-refractivity contribution in [1.29, 1.82) is 0 Å². The van der Waals surface area contributed by atoms with Crippen molar-refractivity contribution in [3.05, 3.63) is 65.2 Å². The molecule has 5 heteroatoms. The van der Waals surface area contributed by atoms with Crippen molar-refractivity contribution >= 4 is 23.7 Å². The van der Waals surface area contributed by atoms with Gasteiger partial charge in [-0.05, 0) is 36.6 Å². The van der Waals surface area contributed by atoms with E-state index in [0.29, 0.717) is 6.54 Å². The standard InChI is InChI=1S/C21H23N3O2/c1-3-16-8-10-19(11-9-16)24-14-18(12-20(24)25)21(26)23-22-13-17-6-4-15(2)5-7-17/h4-11,13,18H,3,12,14H2,1-2H3,(H,23,26)/b22-13+/t18-/m1/s1. The molecule has 0 radical (unpaired) electrons. The second kappa shape index (κ2) is 7.95. The van der Waals surface area contributed by atoms with Gasteiger partial charge in [0.25, 0.3) is 0 Å². The summed E-state index contributed by atoms with van der Waals surface area (Å²) in [5.41, 5.74) is 6.69. The van der Waals surface area contributed by atoms with Crippen LogP contribution in [-0.4, -0.2) is 24.6 Å². The predicted molar refractivity (Wildman–Crippen MR) is 103 cm³/mol. The van der Waals surface area contributed by atoms with Crippen LogP contribution in [0.5, 0.6) is 0 Å². The summed E-state index contributed by atoms with van der Waals surface area (Å²) in [6, 6.07) is 15.8. The zero-order valence-corrected chi connectivity index (χ0v) is 15.1. The highest BCUT2D eigenvalue weighted by Crippen LogP contribution is 2.25. The molecule has 1 fully saturated rings. The van der Waals surface area contributed by atoms with Crippen molar-refractivity contribution in [1.82, 2.24) is 5.43 Å². The van der Waals surface area contributed by atoms with E-state index in [-0.39, 0.29) is 24.2 Å². The molecule has 26 heavy (non-hydrogen) atoms. The molecule has 134 valence electrons. The Hall–Kier alpha value is -2.95. The van der Waals surface area contributed by atoms with Gasteiger partial charge in [-0.2, -0.15) is 5.10 Å². The van der Waals surface area contributed by atoms with E-state index in [1.807, 2.05) is 55.5 Å². The minimum atomic E-state index is -0.386. The highest BCUT2D eigenvalue weighted by Gasteiger charge is 2.35. The third-order valence-electron chi connectivity index (χ3n) is 4.62. The summed E-state index contributed by atoms with van der Waals surface area (Å²) in [6.07, 6.45) is 2.77. The normalized spacial score (nSPS) is 17.1. The lowest BCUT2D eigenvalue weighted by atomic mass is 10.1. The van der Waals surface area contributed by atoms with Gasteiger partial charge in [0.05, 0.1) is 12.1 Å². The van der Waals surface area contributed by atoms with Crippen LogP contribution in [0.4, 0.5) is 5.69 Å². The largest absolute Gasteiger partial charge is 0.312 e. The quantitative estimate of drug-likeness (QED) is 0.666. The Bertz CT molecular complexity index is 810. The van der Waals surface area contributed by atoms with Crippen LogP contribution in [0.2, 0.25) is 0 Å². The van der Waals surface area contributed by atoms with E-state index in [9.17, 15) is 9.59 Å². The average molecular weight is 349 g/mol. The van der Waals surface area contributed by atoms with Crippen LogP contribution in [0.1, 0.15) is 30.0 Å². The summed E-state index contributed by atoms with van der Waals surface area (Å²) in [4.78, 5) is 26.3. The molecule has 2 aromatic carbocycles. The topological polar surface area (TPSA) is 61.8 Å². The van der Waals surface area contributed by atoms with E-state index in [0.717, 1.165) is 17.7 Å². The van der Waals surface area contributed by atoms with Gasteiger partial charge in [-0.1, -0.05) is 48.9 Å². The van der Waals surface area contributed by atoms with Crippen LogP contribution < -0.4 is 10.3 Å². The maximum absolute atomic E-state index is 12.3. The SMILES string of the molecule is CCc1ccc(N2C[C@H](C(=O)N/N=C/c3ccc(C)cc3)CC2=O)cc1. The Labute approximate surface area is 153 Å². The second-order valence-corrected chi connectivity index (χ2v) is 6.57. The molecule has 1 atom stereocenters. The average Bonchev–Trinajstić information content (AvgIpc) is 3.05. The van der Waals surface area contributed by atoms with Crippen LogP contribution in [0.25, 0.3) is 0 Å². The first-order chi connectivity index (χ1) is 12.6. The van der Waals surface area contributed by atoms with E-state index < -0.39 is 0 Å². The number of hydrazone groups is 1. The van der Waals surface area contributed by atoms with Gasteiger partial charge in [-0.15, -0.1) is 0 Å². The Balaban J connectivity index is 1.58. The minimum Gasteiger partial charge on any atom is -0.312 e. The number of aryl methyl sites for hydroxylation is 2. The maximum Gasteiger partial charge on any atom is 0.245 e. The predicted octanol–water partition coefficient (Wildman–Crippen LogP) is 3.06. The van der Waals surface area contributed by atoms with E-state index in [4.69, 9.17) is 0 Å². The summed E-state index contributed by atoms with van der Waals surface area (Å²) in [5.74, 6) is -0.644. The number of anilines is 1. The van der Waals surface area contributed by atoms with Gasteiger partial charge in [0.1, 0.15) is 0 Å². The number of nitrogens with one attached hydrogen (secondary N) is 1. The number of amides is 2.